The first-order chi connectivity index (χ1) is 11.4. The third-order valence-electron chi connectivity index (χ3n) is 3.89. The van der Waals surface area contributed by atoms with E-state index in [1.807, 2.05) is 0 Å². The van der Waals surface area contributed by atoms with Crippen molar-refractivity contribution in [3.05, 3.63) is 28.8 Å². The topological polar surface area (TPSA) is 71.5 Å². The molecule has 1 aromatic carbocycles. The highest BCUT2D eigenvalue weighted by atomic mass is 35.5. The molecule has 1 aromatic rings. The Kier molecular flexibility index (Phi) is 5.77. The molecule has 0 saturated carbocycles. The lowest BCUT2D eigenvalue weighted by Gasteiger charge is -2.28. The van der Waals surface area contributed by atoms with Crippen molar-refractivity contribution in [3.8, 4) is 0 Å². The van der Waals surface area contributed by atoms with Crippen molar-refractivity contribution in [2.24, 2.45) is 0 Å². The van der Waals surface area contributed by atoms with E-state index in [0.29, 0.717) is 12.5 Å². The second-order valence-electron chi connectivity index (χ2n) is 5.81. The number of benzene rings is 1. The minimum absolute atomic E-state index is 0.0660. The van der Waals surface area contributed by atoms with Gasteiger partial charge in [-0.1, -0.05) is 18.5 Å². The lowest BCUT2D eigenvalue weighted by molar-refractivity contribution is -0.139. The fourth-order valence-electron chi connectivity index (χ4n) is 2.80. The molecule has 2 rings (SSSR count). The first-order valence-electron chi connectivity index (χ1n) is 7.47. The third kappa shape index (κ3) is 4.47. The monoisotopic (exact) mass is 419 g/mol. The Bertz CT molecular complexity index is 853. The van der Waals surface area contributed by atoms with Gasteiger partial charge in [-0.3, -0.25) is 0 Å². The Hall–Kier alpha value is -0.840. The van der Waals surface area contributed by atoms with E-state index in [1.54, 1.807) is 6.92 Å². The Morgan fingerprint density at radius 1 is 1.32 bits per heavy atom. The predicted octanol–water partition coefficient (Wildman–Crippen LogP) is 2.95. The van der Waals surface area contributed by atoms with E-state index >= 15 is 0 Å². The van der Waals surface area contributed by atoms with Crippen LogP contribution in [0.3, 0.4) is 0 Å². The molecular weight excluding hydrogens is 403 g/mol. The van der Waals surface area contributed by atoms with Gasteiger partial charge in [0, 0.05) is 17.6 Å². The maximum atomic E-state index is 13.3. The van der Waals surface area contributed by atoms with Gasteiger partial charge in [-0.25, -0.2) is 16.8 Å². The predicted molar refractivity (Wildman–Crippen MR) is 87.7 cm³/mol. The standard InChI is InChI=1S/C14H17ClF3NO4S2/c1-2-6-19(11-5-7-24(20,21)9-11)25(22,23)13-4-3-10(15)8-12(13)14(16,17)18/h3-4,8,11H,2,5-7,9H2,1H3. The van der Waals surface area contributed by atoms with E-state index in [0.717, 1.165) is 16.4 Å². The molecule has 11 heteroatoms. The molecule has 1 heterocycles. The molecule has 0 bridgehead atoms. The summed E-state index contributed by atoms with van der Waals surface area (Å²) >= 11 is 5.59. The minimum atomic E-state index is -4.91. The second kappa shape index (κ2) is 7.05. The first-order valence-corrected chi connectivity index (χ1v) is 11.1. The molecule has 0 spiro atoms. The molecule has 5 nitrogen and oxygen atoms in total. The molecule has 1 unspecified atom stereocenters. The SMILES string of the molecule is CCCN(C1CCS(=O)(=O)C1)S(=O)(=O)c1ccc(Cl)cc1C(F)(F)F. The Balaban J connectivity index is 2.55. The number of rotatable bonds is 5. The van der Waals surface area contributed by atoms with Gasteiger partial charge in [0.15, 0.2) is 9.84 Å². The fourth-order valence-corrected chi connectivity index (χ4v) is 6.73. The second-order valence-corrected chi connectivity index (χ2v) is 10.3. The van der Waals surface area contributed by atoms with Gasteiger partial charge in [-0.15, -0.1) is 0 Å². The molecule has 1 aliphatic heterocycles. The number of hydrogen-bond donors (Lipinski definition) is 0. The maximum Gasteiger partial charge on any atom is 0.417 e. The van der Waals surface area contributed by atoms with Crippen LogP contribution in [0.25, 0.3) is 0 Å². The molecule has 1 saturated heterocycles. The Morgan fingerprint density at radius 3 is 2.44 bits per heavy atom. The Morgan fingerprint density at radius 2 is 1.96 bits per heavy atom. The van der Waals surface area contributed by atoms with Crippen LogP contribution in [0.1, 0.15) is 25.3 Å². The summed E-state index contributed by atoms with van der Waals surface area (Å²) < 4.78 is 89.8. The van der Waals surface area contributed by atoms with Gasteiger partial charge in [0.2, 0.25) is 10.0 Å². The van der Waals surface area contributed by atoms with E-state index in [9.17, 15) is 30.0 Å². The smallest absolute Gasteiger partial charge is 0.229 e. The summed E-state index contributed by atoms with van der Waals surface area (Å²) in [5.74, 6) is -0.568. The summed E-state index contributed by atoms with van der Waals surface area (Å²) in [4.78, 5) is -0.915. The largest absolute Gasteiger partial charge is 0.417 e. The van der Waals surface area contributed by atoms with Crippen molar-refractivity contribution in [3.63, 3.8) is 0 Å². The highest BCUT2D eigenvalue weighted by Gasteiger charge is 2.43. The number of hydrogen-bond acceptors (Lipinski definition) is 4. The number of alkyl halides is 3. The molecule has 0 radical (unpaired) electrons. The number of sulfonamides is 1. The van der Waals surface area contributed by atoms with Crippen LogP contribution in [0.2, 0.25) is 5.02 Å². The van der Waals surface area contributed by atoms with Crippen molar-refractivity contribution in [1.82, 2.24) is 4.31 Å². The van der Waals surface area contributed by atoms with Gasteiger partial charge in [0.25, 0.3) is 0 Å². The van der Waals surface area contributed by atoms with Crippen LogP contribution in [-0.4, -0.2) is 45.2 Å². The third-order valence-corrected chi connectivity index (χ3v) is 7.89. The van der Waals surface area contributed by atoms with Crippen molar-refractivity contribution < 1.29 is 30.0 Å². The summed E-state index contributed by atoms with van der Waals surface area (Å²) in [6, 6.07) is 1.57. The maximum absolute atomic E-state index is 13.3. The van der Waals surface area contributed by atoms with Crippen molar-refractivity contribution in [1.29, 1.82) is 0 Å². The first kappa shape index (κ1) is 20.5. The van der Waals surface area contributed by atoms with Crippen LogP contribution in [0.15, 0.2) is 23.1 Å². The van der Waals surface area contributed by atoms with Gasteiger partial charge in [-0.2, -0.15) is 17.5 Å². The van der Waals surface area contributed by atoms with Gasteiger partial charge in [-0.05, 0) is 31.0 Å². The summed E-state index contributed by atoms with van der Waals surface area (Å²) in [5.41, 5.74) is -1.36. The average Bonchev–Trinajstić information content (AvgIpc) is 2.83. The van der Waals surface area contributed by atoms with E-state index in [-0.39, 0.29) is 29.5 Å². The average molecular weight is 420 g/mol. The molecule has 1 aliphatic rings. The lowest BCUT2D eigenvalue weighted by Crippen LogP contribution is -2.42. The van der Waals surface area contributed by atoms with E-state index in [1.165, 1.54) is 0 Å². The number of halogens is 4. The molecule has 0 amide bonds. The van der Waals surface area contributed by atoms with Gasteiger partial charge in [0.05, 0.1) is 22.0 Å². The van der Waals surface area contributed by atoms with Crippen LogP contribution < -0.4 is 0 Å². The van der Waals surface area contributed by atoms with Crippen LogP contribution in [-0.2, 0) is 26.0 Å². The highest BCUT2D eigenvalue weighted by Crippen LogP contribution is 2.38. The van der Waals surface area contributed by atoms with E-state index < -0.39 is 42.5 Å². The summed E-state index contributed by atoms with van der Waals surface area (Å²) in [5, 5.41) is -0.239. The quantitative estimate of drug-likeness (QED) is 0.735. The molecule has 0 N–H and O–H groups in total. The van der Waals surface area contributed by atoms with Crippen LogP contribution in [0, 0.1) is 0 Å². The molecule has 1 fully saturated rings. The van der Waals surface area contributed by atoms with Crippen LogP contribution in [0.4, 0.5) is 13.2 Å². The van der Waals surface area contributed by atoms with Crippen LogP contribution in [0.5, 0.6) is 0 Å². The molecular formula is C14H17ClF3NO4S2. The van der Waals surface area contributed by atoms with E-state index in [2.05, 4.69) is 0 Å². The fraction of sp³-hybridized carbons (Fsp3) is 0.571. The number of nitrogens with zero attached hydrogens (tertiary/aromatic N) is 1. The molecule has 142 valence electrons. The Labute approximate surface area is 149 Å². The highest BCUT2D eigenvalue weighted by molar-refractivity contribution is 7.92. The van der Waals surface area contributed by atoms with Gasteiger partial charge >= 0.3 is 6.18 Å². The number of sulfone groups is 1. The normalized spacial score (nSPS) is 21.0. The van der Waals surface area contributed by atoms with Gasteiger partial charge in [0.1, 0.15) is 0 Å². The lowest BCUT2D eigenvalue weighted by atomic mass is 10.2. The van der Waals surface area contributed by atoms with Crippen molar-refractivity contribution >= 4 is 31.5 Å². The van der Waals surface area contributed by atoms with Gasteiger partial charge < -0.3 is 0 Å². The summed E-state index contributed by atoms with van der Waals surface area (Å²) in [6.45, 7) is 1.60. The summed E-state index contributed by atoms with van der Waals surface area (Å²) in [6.07, 6.45) is -4.51. The zero-order chi connectivity index (χ0) is 19.0. The molecule has 0 aliphatic carbocycles. The van der Waals surface area contributed by atoms with Crippen molar-refractivity contribution in [2.45, 2.75) is 36.9 Å². The molecule has 0 aromatic heterocycles. The summed E-state index contributed by atoms with van der Waals surface area (Å²) in [7, 11) is -7.93. The van der Waals surface area contributed by atoms with Crippen LogP contribution >= 0.6 is 11.6 Å². The molecule has 1 atom stereocenters. The zero-order valence-corrected chi connectivity index (χ0v) is 15.6. The molecule has 25 heavy (non-hydrogen) atoms. The van der Waals surface area contributed by atoms with E-state index in [4.69, 9.17) is 11.6 Å². The van der Waals surface area contributed by atoms with Crippen molar-refractivity contribution in [2.75, 3.05) is 18.1 Å². The minimum Gasteiger partial charge on any atom is -0.229 e. The zero-order valence-electron chi connectivity index (χ0n) is 13.3.